The maximum Gasteiger partial charge on any atom is 0.413 e. The van der Waals surface area contributed by atoms with Crippen LogP contribution in [0.15, 0.2) is 33.9 Å². The Morgan fingerprint density at radius 1 is 1.50 bits per heavy atom. The van der Waals surface area contributed by atoms with Crippen LogP contribution >= 0.6 is 0 Å². The Bertz CT molecular complexity index is 524. The van der Waals surface area contributed by atoms with E-state index in [1.165, 1.54) is 7.11 Å². The van der Waals surface area contributed by atoms with E-state index < -0.39 is 6.09 Å². The summed E-state index contributed by atoms with van der Waals surface area (Å²) in [4.78, 5) is 19.5. The first-order valence-electron chi connectivity index (χ1n) is 4.33. The van der Waals surface area contributed by atoms with E-state index in [4.69, 9.17) is 0 Å². The van der Waals surface area contributed by atoms with Gasteiger partial charge in [0.25, 0.3) is 0 Å². The Morgan fingerprint density at radius 2 is 2.31 bits per heavy atom. The van der Waals surface area contributed by atoms with Crippen molar-refractivity contribution in [1.82, 2.24) is 5.32 Å². The van der Waals surface area contributed by atoms with Gasteiger partial charge < -0.3 is 4.74 Å². The van der Waals surface area contributed by atoms with E-state index in [1.54, 1.807) is 18.2 Å². The number of rotatable bonds is 0. The second-order valence-electron chi connectivity index (χ2n) is 2.87. The topological polar surface area (TPSA) is 80.1 Å². The average Bonchev–Trinajstić information content (AvgIpc) is 2.70. The van der Waals surface area contributed by atoms with Crippen molar-refractivity contribution in [2.24, 2.45) is 9.98 Å². The van der Waals surface area contributed by atoms with E-state index in [1.807, 2.05) is 0 Å². The lowest BCUT2D eigenvalue weighted by Gasteiger charge is -2.01. The summed E-state index contributed by atoms with van der Waals surface area (Å²) in [7, 11) is 1.25. The number of alkyl carbamates (subject to hydrolysis) is 1. The van der Waals surface area contributed by atoms with Gasteiger partial charge in [0.1, 0.15) is 5.71 Å². The van der Waals surface area contributed by atoms with Gasteiger partial charge in [-0.3, -0.25) is 5.32 Å². The fourth-order valence-corrected chi connectivity index (χ4v) is 1.59. The fraction of sp³-hybridized carbons (Fsp3) is 0.111. The van der Waals surface area contributed by atoms with Gasteiger partial charge in [-0.1, -0.05) is 6.08 Å². The van der Waals surface area contributed by atoms with Gasteiger partial charge in [-0.15, -0.1) is 0 Å². The predicted molar refractivity (Wildman–Crippen MR) is 60.8 cm³/mol. The highest BCUT2D eigenvalue weighted by Crippen LogP contribution is 2.14. The molecule has 1 aliphatic carbocycles. The third-order valence-electron chi connectivity index (χ3n) is 1.91. The molecule has 0 fully saturated rings. The first-order valence-corrected chi connectivity index (χ1v) is 5.07. The largest absolute Gasteiger partial charge is 0.453 e. The van der Waals surface area contributed by atoms with Gasteiger partial charge >= 0.3 is 6.09 Å². The molecule has 2 rings (SSSR count). The normalized spacial score (nSPS) is 17.1. The van der Waals surface area contributed by atoms with Crippen LogP contribution in [0, 0.1) is 0 Å². The Hall–Kier alpha value is -2.02. The molecule has 2 aliphatic rings. The highest BCUT2D eigenvalue weighted by molar-refractivity contribution is 7.69. The molecule has 16 heavy (non-hydrogen) atoms. The van der Waals surface area contributed by atoms with Gasteiger partial charge in [0, 0.05) is 0 Å². The minimum atomic E-state index is -0.647. The van der Waals surface area contributed by atoms with Crippen LogP contribution in [-0.2, 0) is 16.0 Å². The lowest BCUT2D eigenvalue weighted by Crippen LogP contribution is -2.28. The number of guanidine groups is 1. The maximum absolute atomic E-state index is 10.9. The Labute approximate surface area is 94.5 Å². The number of methoxy groups -OCH3 is 1. The van der Waals surface area contributed by atoms with E-state index in [2.05, 4.69) is 20.0 Å². The molecular weight excluding hydrogens is 230 g/mol. The SMILES string of the molecule is COC(=O)NC1=NC2=CC=CC(=S=O)C2=N1. The van der Waals surface area contributed by atoms with Crippen LogP contribution in [0.1, 0.15) is 0 Å². The Morgan fingerprint density at radius 3 is 3.00 bits per heavy atom. The molecular formula is C9H7N3O3S. The quantitative estimate of drug-likeness (QED) is 0.602. The molecule has 0 aromatic rings. The smallest absolute Gasteiger partial charge is 0.413 e. The molecule has 0 radical (unpaired) electrons. The lowest BCUT2D eigenvalue weighted by molar-refractivity contribution is 0.176. The molecule has 0 aromatic carbocycles. The molecule has 82 valence electrons. The summed E-state index contributed by atoms with van der Waals surface area (Å²) >= 11 is 0.340. The van der Waals surface area contributed by atoms with Crippen LogP contribution in [0.4, 0.5) is 4.79 Å². The third kappa shape index (κ3) is 1.84. The summed E-state index contributed by atoms with van der Waals surface area (Å²) in [5.41, 5.74) is 1.04. The van der Waals surface area contributed by atoms with Crippen LogP contribution in [-0.4, -0.2) is 33.9 Å². The standard InChI is InChI=1S/C9H7N3O3S/c1-15-9(13)12-8-10-5-3-2-4-6(16-14)7(5)11-8/h2-4H,1H3,(H,10,12,13). The van der Waals surface area contributed by atoms with Gasteiger partial charge in [-0.2, -0.15) is 0 Å². The number of nitrogens with one attached hydrogen (secondary N) is 1. The number of ether oxygens (including phenoxy) is 1. The predicted octanol–water partition coefficient (Wildman–Crippen LogP) is -0.00790. The minimum Gasteiger partial charge on any atom is -0.453 e. The molecule has 0 bridgehead atoms. The number of amides is 1. The number of nitrogens with zero attached hydrogens (tertiary/aromatic N) is 2. The van der Waals surface area contributed by atoms with E-state index in [9.17, 15) is 9.00 Å². The number of hydrogen-bond acceptors (Lipinski definition) is 5. The summed E-state index contributed by atoms with van der Waals surface area (Å²) in [5.74, 6) is 0.128. The van der Waals surface area contributed by atoms with Gasteiger partial charge in [0.15, 0.2) is 0 Å². The van der Waals surface area contributed by atoms with Crippen LogP contribution in [0.25, 0.3) is 0 Å². The first-order chi connectivity index (χ1) is 7.74. The highest BCUT2D eigenvalue weighted by Gasteiger charge is 2.22. The van der Waals surface area contributed by atoms with E-state index in [0.717, 1.165) is 0 Å². The summed E-state index contributed by atoms with van der Waals surface area (Å²) in [6.45, 7) is 0. The van der Waals surface area contributed by atoms with Crippen molar-refractivity contribution in [3.8, 4) is 0 Å². The van der Waals surface area contributed by atoms with E-state index in [0.29, 0.717) is 27.5 Å². The molecule has 6 nitrogen and oxygen atoms in total. The van der Waals surface area contributed by atoms with E-state index in [-0.39, 0.29) is 5.96 Å². The van der Waals surface area contributed by atoms with Gasteiger partial charge in [0.05, 0.1) is 28.9 Å². The van der Waals surface area contributed by atoms with Crippen molar-refractivity contribution >= 4 is 33.9 Å². The van der Waals surface area contributed by atoms with Crippen molar-refractivity contribution < 1.29 is 13.7 Å². The molecule has 0 saturated heterocycles. The van der Waals surface area contributed by atoms with Crippen LogP contribution < -0.4 is 5.32 Å². The molecule has 7 heteroatoms. The number of aliphatic imine (C=N–C) groups is 2. The zero-order valence-electron chi connectivity index (χ0n) is 8.26. The molecule has 0 saturated carbocycles. The van der Waals surface area contributed by atoms with Crippen LogP contribution in [0.5, 0.6) is 0 Å². The Kier molecular flexibility index (Phi) is 2.78. The second-order valence-corrected chi connectivity index (χ2v) is 3.48. The molecule has 1 heterocycles. The van der Waals surface area contributed by atoms with E-state index >= 15 is 0 Å². The lowest BCUT2D eigenvalue weighted by atomic mass is 10.1. The average molecular weight is 237 g/mol. The van der Waals surface area contributed by atoms with Crippen molar-refractivity contribution in [3.63, 3.8) is 0 Å². The van der Waals surface area contributed by atoms with Crippen molar-refractivity contribution in [1.29, 1.82) is 0 Å². The van der Waals surface area contributed by atoms with Crippen molar-refractivity contribution in [3.05, 3.63) is 23.9 Å². The summed E-state index contributed by atoms with van der Waals surface area (Å²) < 4.78 is 15.2. The second kappa shape index (κ2) is 4.23. The van der Waals surface area contributed by atoms with Crippen LogP contribution in [0.2, 0.25) is 0 Å². The minimum absolute atomic E-state index is 0.128. The number of allylic oxidation sites excluding steroid dienone is 4. The van der Waals surface area contributed by atoms with Gasteiger partial charge in [-0.25, -0.2) is 19.0 Å². The fourth-order valence-electron chi connectivity index (χ4n) is 1.22. The summed E-state index contributed by atoms with van der Waals surface area (Å²) in [6.07, 6.45) is 4.42. The molecule has 1 N–H and O–H groups in total. The number of carbonyl (C=O) groups excluding carboxylic acids is 1. The van der Waals surface area contributed by atoms with Crippen LogP contribution in [0.3, 0.4) is 0 Å². The number of hydrogen-bond donors (Lipinski definition) is 1. The third-order valence-corrected chi connectivity index (χ3v) is 2.42. The Balaban J connectivity index is 2.27. The molecule has 0 aromatic heterocycles. The highest BCUT2D eigenvalue weighted by atomic mass is 32.1. The molecule has 1 amide bonds. The van der Waals surface area contributed by atoms with Gasteiger partial charge in [-0.05, 0) is 12.2 Å². The zero-order chi connectivity index (χ0) is 11.5. The number of carbonyl (C=O) groups is 1. The monoisotopic (exact) mass is 237 g/mol. The van der Waals surface area contributed by atoms with Crippen molar-refractivity contribution in [2.75, 3.05) is 7.11 Å². The maximum atomic E-state index is 10.9. The first kappa shape index (κ1) is 10.5. The molecule has 1 aliphatic heterocycles. The zero-order valence-corrected chi connectivity index (χ0v) is 9.08. The number of fused-ring (bicyclic) bond motifs is 1. The molecule has 0 unspecified atom stereocenters. The molecule has 0 spiro atoms. The van der Waals surface area contributed by atoms with Gasteiger partial charge in [0.2, 0.25) is 5.96 Å². The molecule has 0 atom stereocenters. The summed E-state index contributed by atoms with van der Waals surface area (Å²) in [6, 6.07) is 0. The summed E-state index contributed by atoms with van der Waals surface area (Å²) in [5, 5.41) is 2.34. The van der Waals surface area contributed by atoms with Crippen molar-refractivity contribution in [2.45, 2.75) is 0 Å².